The molecule has 0 aliphatic heterocycles. The average Bonchev–Trinajstić information content (AvgIpc) is 2.70. The van der Waals surface area contributed by atoms with Crippen LogP contribution in [0.25, 0.3) is 11.1 Å². The van der Waals surface area contributed by atoms with Crippen LogP contribution in [0.1, 0.15) is 6.92 Å². The molecule has 0 radical (unpaired) electrons. The second-order valence-corrected chi connectivity index (χ2v) is 5.75. The smallest absolute Gasteiger partial charge is 0.352 e. The van der Waals surface area contributed by atoms with Crippen LogP contribution in [0, 0.1) is 0 Å². The largest absolute Gasteiger partial charge is 0.497 e. The fraction of sp³-hybridized carbons (Fsp3) is 0.136. The topological polar surface area (TPSA) is 44.8 Å². The van der Waals surface area contributed by atoms with Gasteiger partial charge in [-0.2, -0.15) is 0 Å². The third-order valence-electron chi connectivity index (χ3n) is 3.88. The Labute approximate surface area is 153 Å². The van der Waals surface area contributed by atoms with Gasteiger partial charge in [0.1, 0.15) is 17.2 Å². The fourth-order valence-electron chi connectivity index (χ4n) is 2.45. The number of carbonyl (C=O) groups is 1. The van der Waals surface area contributed by atoms with E-state index in [2.05, 4.69) is 0 Å². The van der Waals surface area contributed by atoms with Gasteiger partial charge in [-0.1, -0.05) is 42.5 Å². The van der Waals surface area contributed by atoms with E-state index in [9.17, 15) is 4.79 Å². The third kappa shape index (κ3) is 4.42. The summed E-state index contributed by atoms with van der Waals surface area (Å²) >= 11 is 0. The Balaban J connectivity index is 1.59. The van der Waals surface area contributed by atoms with Gasteiger partial charge in [0, 0.05) is 0 Å². The summed E-state index contributed by atoms with van der Waals surface area (Å²) in [5, 5.41) is 0. The molecule has 0 spiro atoms. The van der Waals surface area contributed by atoms with Gasteiger partial charge in [0.2, 0.25) is 0 Å². The first-order valence-electron chi connectivity index (χ1n) is 8.33. The number of hydrogen-bond acceptors (Lipinski definition) is 4. The molecule has 0 aliphatic rings. The van der Waals surface area contributed by atoms with Crippen molar-refractivity contribution in [3.8, 4) is 28.4 Å². The molecule has 1 unspecified atom stereocenters. The number of esters is 1. The van der Waals surface area contributed by atoms with Crippen molar-refractivity contribution in [3.05, 3.63) is 78.9 Å². The molecule has 4 nitrogen and oxygen atoms in total. The molecule has 1 atom stereocenters. The highest BCUT2D eigenvalue weighted by Crippen LogP contribution is 2.23. The lowest BCUT2D eigenvalue weighted by molar-refractivity contribution is -0.141. The van der Waals surface area contributed by atoms with E-state index in [1.165, 1.54) is 0 Å². The molecule has 3 aromatic rings. The van der Waals surface area contributed by atoms with Crippen LogP contribution in [0.4, 0.5) is 0 Å². The summed E-state index contributed by atoms with van der Waals surface area (Å²) in [6.45, 7) is 1.66. The van der Waals surface area contributed by atoms with Gasteiger partial charge >= 0.3 is 5.97 Å². The minimum Gasteiger partial charge on any atom is -0.497 e. The Hall–Kier alpha value is -3.27. The number of benzene rings is 3. The van der Waals surface area contributed by atoms with Crippen molar-refractivity contribution >= 4 is 5.97 Å². The van der Waals surface area contributed by atoms with Gasteiger partial charge in [-0.3, -0.25) is 0 Å². The second-order valence-electron chi connectivity index (χ2n) is 5.75. The SMILES string of the molecule is COc1ccc(OC(C)C(=O)Oc2ccc(-c3ccccc3)cc2)cc1. The monoisotopic (exact) mass is 348 g/mol. The molecule has 0 saturated heterocycles. The van der Waals surface area contributed by atoms with Crippen molar-refractivity contribution in [2.24, 2.45) is 0 Å². The van der Waals surface area contributed by atoms with Gasteiger partial charge in [-0.05, 0) is 54.4 Å². The molecule has 0 bridgehead atoms. The van der Waals surface area contributed by atoms with Crippen LogP contribution in [-0.2, 0) is 4.79 Å². The van der Waals surface area contributed by atoms with Crippen LogP contribution in [0.5, 0.6) is 17.2 Å². The second kappa shape index (κ2) is 8.21. The van der Waals surface area contributed by atoms with Gasteiger partial charge in [-0.15, -0.1) is 0 Å². The van der Waals surface area contributed by atoms with E-state index in [0.29, 0.717) is 11.5 Å². The molecule has 0 heterocycles. The van der Waals surface area contributed by atoms with Crippen molar-refractivity contribution in [3.63, 3.8) is 0 Å². The normalized spacial score (nSPS) is 11.5. The van der Waals surface area contributed by atoms with E-state index >= 15 is 0 Å². The van der Waals surface area contributed by atoms with Crippen LogP contribution in [0.2, 0.25) is 0 Å². The van der Waals surface area contributed by atoms with E-state index in [1.54, 1.807) is 50.4 Å². The fourth-order valence-corrected chi connectivity index (χ4v) is 2.45. The average molecular weight is 348 g/mol. The van der Waals surface area contributed by atoms with Crippen molar-refractivity contribution < 1.29 is 19.0 Å². The summed E-state index contributed by atoms with van der Waals surface area (Å²) in [5.41, 5.74) is 2.18. The number of carbonyl (C=O) groups excluding carboxylic acids is 1. The zero-order chi connectivity index (χ0) is 18.4. The van der Waals surface area contributed by atoms with Crippen LogP contribution in [0.15, 0.2) is 78.9 Å². The summed E-state index contributed by atoms with van der Waals surface area (Å²) < 4.78 is 16.1. The molecule has 0 aromatic heterocycles. The molecule has 132 valence electrons. The highest BCUT2D eigenvalue weighted by Gasteiger charge is 2.17. The maximum Gasteiger partial charge on any atom is 0.352 e. The Kier molecular flexibility index (Phi) is 5.54. The quantitative estimate of drug-likeness (QED) is 0.477. The molecule has 3 aromatic carbocycles. The van der Waals surface area contributed by atoms with E-state index in [-0.39, 0.29) is 0 Å². The lowest BCUT2D eigenvalue weighted by Gasteiger charge is -2.14. The number of rotatable bonds is 6. The molecule has 0 fully saturated rings. The van der Waals surface area contributed by atoms with Gasteiger partial charge in [0.25, 0.3) is 0 Å². The Bertz CT molecular complexity index is 840. The lowest BCUT2D eigenvalue weighted by atomic mass is 10.1. The molecular weight excluding hydrogens is 328 g/mol. The molecule has 26 heavy (non-hydrogen) atoms. The van der Waals surface area contributed by atoms with E-state index in [0.717, 1.165) is 16.9 Å². The highest BCUT2D eigenvalue weighted by atomic mass is 16.6. The van der Waals surface area contributed by atoms with Gasteiger partial charge < -0.3 is 14.2 Å². The van der Waals surface area contributed by atoms with Crippen LogP contribution in [0.3, 0.4) is 0 Å². The Morgan fingerprint density at radius 1 is 0.731 bits per heavy atom. The Morgan fingerprint density at radius 2 is 1.27 bits per heavy atom. The molecule has 0 N–H and O–H groups in total. The number of hydrogen-bond donors (Lipinski definition) is 0. The lowest BCUT2D eigenvalue weighted by Crippen LogP contribution is -2.28. The maximum atomic E-state index is 12.2. The zero-order valence-corrected chi connectivity index (χ0v) is 14.7. The van der Waals surface area contributed by atoms with Crippen LogP contribution >= 0.6 is 0 Å². The first-order valence-corrected chi connectivity index (χ1v) is 8.33. The summed E-state index contributed by atoms with van der Waals surface area (Å²) in [4.78, 5) is 12.2. The molecule has 0 saturated carbocycles. The maximum absolute atomic E-state index is 12.2. The Morgan fingerprint density at radius 3 is 1.88 bits per heavy atom. The standard InChI is InChI=1S/C22H20O4/c1-16(25-20-14-12-19(24-2)13-15-20)22(23)26-21-10-8-18(9-11-21)17-6-4-3-5-7-17/h3-16H,1-2H3. The number of ether oxygens (including phenoxy) is 3. The molecular formula is C22H20O4. The summed E-state index contributed by atoms with van der Waals surface area (Å²) in [6, 6.07) is 24.5. The van der Waals surface area contributed by atoms with Crippen LogP contribution < -0.4 is 14.2 Å². The summed E-state index contributed by atoms with van der Waals surface area (Å²) in [6.07, 6.45) is -0.725. The van der Waals surface area contributed by atoms with Crippen molar-refractivity contribution in [2.45, 2.75) is 13.0 Å². The predicted octanol–water partition coefficient (Wildman–Crippen LogP) is 4.74. The highest BCUT2D eigenvalue weighted by molar-refractivity contribution is 5.77. The van der Waals surface area contributed by atoms with Gasteiger partial charge in [0.15, 0.2) is 6.10 Å². The zero-order valence-electron chi connectivity index (χ0n) is 14.7. The van der Waals surface area contributed by atoms with Crippen molar-refractivity contribution in [2.75, 3.05) is 7.11 Å². The molecule has 3 rings (SSSR count). The number of methoxy groups -OCH3 is 1. The van der Waals surface area contributed by atoms with E-state index in [1.807, 2.05) is 42.5 Å². The van der Waals surface area contributed by atoms with Crippen LogP contribution in [-0.4, -0.2) is 19.2 Å². The van der Waals surface area contributed by atoms with Crippen molar-refractivity contribution in [1.29, 1.82) is 0 Å². The predicted molar refractivity (Wildman–Crippen MR) is 101 cm³/mol. The minimum atomic E-state index is -0.725. The van der Waals surface area contributed by atoms with E-state index < -0.39 is 12.1 Å². The first-order chi connectivity index (χ1) is 12.7. The van der Waals surface area contributed by atoms with Gasteiger partial charge in [-0.25, -0.2) is 4.79 Å². The minimum absolute atomic E-state index is 0.451. The van der Waals surface area contributed by atoms with E-state index in [4.69, 9.17) is 14.2 Å². The molecule has 4 heteroatoms. The molecule has 0 aliphatic carbocycles. The van der Waals surface area contributed by atoms with Crippen molar-refractivity contribution in [1.82, 2.24) is 0 Å². The van der Waals surface area contributed by atoms with Gasteiger partial charge in [0.05, 0.1) is 7.11 Å². The summed E-state index contributed by atoms with van der Waals surface area (Å²) in [5.74, 6) is 1.34. The third-order valence-corrected chi connectivity index (χ3v) is 3.88. The summed E-state index contributed by atoms with van der Waals surface area (Å²) in [7, 11) is 1.60. The first kappa shape index (κ1) is 17.5. The molecule has 0 amide bonds.